The monoisotopic (exact) mass is 222 g/mol. The van der Waals surface area contributed by atoms with Crippen molar-refractivity contribution in [1.82, 2.24) is 20.0 Å². The predicted molar refractivity (Wildman–Crippen MR) is 65.4 cm³/mol. The molecule has 0 aromatic carbocycles. The van der Waals surface area contributed by atoms with Crippen LogP contribution in [0.5, 0.6) is 0 Å². The summed E-state index contributed by atoms with van der Waals surface area (Å²) in [6, 6.07) is 3.38. The molecule has 1 aliphatic heterocycles. The van der Waals surface area contributed by atoms with Crippen LogP contribution in [-0.2, 0) is 13.5 Å². The van der Waals surface area contributed by atoms with Crippen molar-refractivity contribution in [3.05, 3.63) is 18.0 Å². The molecular formula is C12H22N4. The topological polar surface area (TPSA) is 33.1 Å². The Morgan fingerprint density at radius 1 is 1.38 bits per heavy atom. The second-order valence-electron chi connectivity index (χ2n) is 4.79. The van der Waals surface area contributed by atoms with Gasteiger partial charge in [-0.2, -0.15) is 5.10 Å². The molecule has 0 radical (unpaired) electrons. The fourth-order valence-corrected chi connectivity index (χ4v) is 2.50. The van der Waals surface area contributed by atoms with Crippen molar-refractivity contribution in [2.24, 2.45) is 7.05 Å². The third kappa shape index (κ3) is 2.44. The van der Waals surface area contributed by atoms with Crippen molar-refractivity contribution >= 4 is 0 Å². The highest BCUT2D eigenvalue weighted by Crippen LogP contribution is 2.10. The van der Waals surface area contributed by atoms with Gasteiger partial charge >= 0.3 is 0 Å². The molecule has 1 aliphatic rings. The summed E-state index contributed by atoms with van der Waals surface area (Å²) in [6.45, 7) is 7.94. The summed E-state index contributed by atoms with van der Waals surface area (Å²) in [5, 5.41) is 7.66. The molecule has 2 atom stereocenters. The highest BCUT2D eigenvalue weighted by molar-refractivity contribution is 5.01. The Labute approximate surface area is 97.6 Å². The molecule has 0 saturated carbocycles. The summed E-state index contributed by atoms with van der Waals surface area (Å²) in [5.41, 5.74) is 1.32. The van der Waals surface area contributed by atoms with Gasteiger partial charge in [0.05, 0.1) is 0 Å². The molecule has 2 heterocycles. The second kappa shape index (κ2) is 4.97. The summed E-state index contributed by atoms with van der Waals surface area (Å²) in [5.74, 6) is 0. The van der Waals surface area contributed by atoms with Crippen LogP contribution in [0.1, 0.15) is 19.5 Å². The zero-order chi connectivity index (χ0) is 11.5. The van der Waals surface area contributed by atoms with E-state index in [1.807, 2.05) is 17.9 Å². The summed E-state index contributed by atoms with van der Waals surface area (Å²) < 4.78 is 1.97. The van der Waals surface area contributed by atoms with E-state index in [4.69, 9.17) is 0 Å². The lowest BCUT2D eigenvalue weighted by atomic mass is 10.1. The first-order valence-corrected chi connectivity index (χ1v) is 6.12. The molecule has 1 fully saturated rings. The largest absolute Gasteiger partial charge is 0.314 e. The molecule has 4 heteroatoms. The summed E-state index contributed by atoms with van der Waals surface area (Å²) in [6.07, 6.45) is 2.96. The van der Waals surface area contributed by atoms with Crippen LogP contribution in [0.25, 0.3) is 0 Å². The number of aromatic nitrogens is 2. The molecule has 16 heavy (non-hydrogen) atoms. The van der Waals surface area contributed by atoms with Gasteiger partial charge in [-0.25, -0.2) is 0 Å². The SMILES string of the molecule is CC1CNCC(C)N1CCc1ccnn1C. The molecule has 90 valence electrons. The maximum Gasteiger partial charge on any atom is 0.0492 e. The standard InChI is InChI=1S/C12H22N4/c1-10-8-13-9-11(2)16(10)7-5-12-4-6-14-15(12)3/h4,6,10-11,13H,5,7-9H2,1-3H3. The van der Waals surface area contributed by atoms with Gasteiger partial charge in [0.2, 0.25) is 0 Å². The zero-order valence-corrected chi connectivity index (χ0v) is 10.5. The van der Waals surface area contributed by atoms with Gasteiger partial charge in [-0.05, 0) is 19.9 Å². The molecule has 1 N–H and O–H groups in total. The Morgan fingerprint density at radius 2 is 2.06 bits per heavy atom. The normalized spacial score (nSPS) is 27.2. The summed E-state index contributed by atoms with van der Waals surface area (Å²) in [4.78, 5) is 2.59. The first-order valence-electron chi connectivity index (χ1n) is 6.12. The van der Waals surface area contributed by atoms with Crippen molar-refractivity contribution in [3.8, 4) is 0 Å². The molecule has 4 nitrogen and oxygen atoms in total. The first kappa shape index (κ1) is 11.6. The van der Waals surface area contributed by atoms with Crippen molar-refractivity contribution in [2.45, 2.75) is 32.4 Å². The second-order valence-corrected chi connectivity index (χ2v) is 4.79. The van der Waals surface area contributed by atoms with Crippen LogP contribution >= 0.6 is 0 Å². The van der Waals surface area contributed by atoms with Crippen LogP contribution in [-0.4, -0.2) is 46.4 Å². The highest BCUT2D eigenvalue weighted by Gasteiger charge is 2.23. The van der Waals surface area contributed by atoms with Crippen molar-refractivity contribution in [1.29, 1.82) is 0 Å². The van der Waals surface area contributed by atoms with E-state index in [1.165, 1.54) is 5.69 Å². The number of nitrogens with one attached hydrogen (secondary N) is 1. The van der Waals surface area contributed by atoms with E-state index < -0.39 is 0 Å². The van der Waals surface area contributed by atoms with Crippen LogP contribution in [0.3, 0.4) is 0 Å². The van der Waals surface area contributed by atoms with Crippen LogP contribution in [0.15, 0.2) is 12.3 Å². The van der Waals surface area contributed by atoms with E-state index in [2.05, 4.69) is 35.2 Å². The molecule has 0 bridgehead atoms. The Hall–Kier alpha value is -0.870. The lowest BCUT2D eigenvalue weighted by Gasteiger charge is -2.39. The predicted octanol–water partition coefficient (Wildman–Crippen LogP) is 0.645. The molecule has 1 saturated heterocycles. The first-order chi connectivity index (χ1) is 7.68. The molecule has 2 unspecified atom stereocenters. The van der Waals surface area contributed by atoms with E-state index in [-0.39, 0.29) is 0 Å². The molecule has 0 aliphatic carbocycles. The van der Waals surface area contributed by atoms with Crippen LogP contribution in [0.2, 0.25) is 0 Å². The summed E-state index contributed by atoms with van der Waals surface area (Å²) >= 11 is 0. The third-order valence-electron chi connectivity index (χ3n) is 3.56. The van der Waals surface area contributed by atoms with Gasteiger partial charge in [0.25, 0.3) is 0 Å². The Bertz CT molecular complexity index is 324. The fraction of sp³-hybridized carbons (Fsp3) is 0.750. The van der Waals surface area contributed by atoms with E-state index in [0.717, 1.165) is 26.1 Å². The maximum atomic E-state index is 4.20. The number of hydrogen-bond donors (Lipinski definition) is 1. The fourth-order valence-electron chi connectivity index (χ4n) is 2.50. The molecule has 0 spiro atoms. The number of aryl methyl sites for hydroxylation is 1. The summed E-state index contributed by atoms with van der Waals surface area (Å²) in [7, 11) is 2.01. The van der Waals surface area contributed by atoms with Gasteiger partial charge < -0.3 is 5.32 Å². The number of hydrogen-bond acceptors (Lipinski definition) is 3. The molecule has 1 aromatic rings. The van der Waals surface area contributed by atoms with Gasteiger partial charge in [0.15, 0.2) is 0 Å². The Kier molecular flexibility index (Phi) is 3.61. The van der Waals surface area contributed by atoms with Crippen molar-refractivity contribution in [3.63, 3.8) is 0 Å². The van der Waals surface area contributed by atoms with E-state index in [1.54, 1.807) is 0 Å². The van der Waals surface area contributed by atoms with E-state index in [0.29, 0.717) is 12.1 Å². The van der Waals surface area contributed by atoms with Gasteiger partial charge in [-0.15, -0.1) is 0 Å². The van der Waals surface area contributed by atoms with Crippen LogP contribution in [0, 0.1) is 0 Å². The van der Waals surface area contributed by atoms with E-state index in [9.17, 15) is 0 Å². The minimum atomic E-state index is 0.636. The van der Waals surface area contributed by atoms with Gasteiger partial charge in [-0.1, -0.05) is 0 Å². The van der Waals surface area contributed by atoms with Gasteiger partial charge in [-0.3, -0.25) is 9.58 Å². The van der Waals surface area contributed by atoms with Gasteiger partial charge in [0, 0.05) is 57.1 Å². The van der Waals surface area contributed by atoms with Crippen LogP contribution < -0.4 is 5.32 Å². The minimum Gasteiger partial charge on any atom is -0.314 e. The number of rotatable bonds is 3. The molecule has 0 amide bonds. The lowest BCUT2D eigenvalue weighted by molar-refractivity contribution is 0.118. The van der Waals surface area contributed by atoms with Crippen molar-refractivity contribution < 1.29 is 0 Å². The maximum absolute atomic E-state index is 4.20. The van der Waals surface area contributed by atoms with Gasteiger partial charge in [0.1, 0.15) is 0 Å². The number of nitrogens with zero attached hydrogens (tertiary/aromatic N) is 3. The van der Waals surface area contributed by atoms with Crippen molar-refractivity contribution in [2.75, 3.05) is 19.6 Å². The van der Waals surface area contributed by atoms with E-state index >= 15 is 0 Å². The molecular weight excluding hydrogens is 200 g/mol. The molecule has 2 rings (SSSR count). The highest BCUT2D eigenvalue weighted by atomic mass is 15.3. The Morgan fingerprint density at radius 3 is 2.62 bits per heavy atom. The molecule has 1 aromatic heterocycles. The average Bonchev–Trinajstić information content (AvgIpc) is 2.64. The smallest absolute Gasteiger partial charge is 0.0492 e. The van der Waals surface area contributed by atoms with Crippen LogP contribution in [0.4, 0.5) is 0 Å². The minimum absolute atomic E-state index is 0.636. The lowest BCUT2D eigenvalue weighted by Crippen LogP contribution is -2.55. The number of piperazine rings is 1. The Balaban J connectivity index is 1.91. The quantitative estimate of drug-likeness (QED) is 0.815. The average molecular weight is 222 g/mol. The zero-order valence-electron chi connectivity index (χ0n) is 10.5. The third-order valence-corrected chi connectivity index (χ3v) is 3.56.